The zero-order valence-electron chi connectivity index (χ0n) is 7.83. The quantitative estimate of drug-likeness (QED) is 0.771. The van der Waals surface area contributed by atoms with Gasteiger partial charge in [0, 0.05) is 10.2 Å². The summed E-state index contributed by atoms with van der Waals surface area (Å²) in [5.74, 6) is 0.00622. The molecule has 0 bridgehead atoms. The molecule has 1 amide bonds. The van der Waals surface area contributed by atoms with Gasteiger partial charge in [-0.1, -0.05) is 15.9 Å². The molecule has 0 aliphatic carbocycles. The third-order valence-corrected chi connectivity index (χ3v) is 3.31. The first-order valence-electron chi connectivity index (χ1n) is 4.42. The van der Waals surface area contributed by atoms with Gasteiger partial charge in [0.15, 0.2) is 0 Å². The van der Waals surface area contributed by atoms with Crippen molar-refractivity contribution in [3.05, 3.63) is 28.2 Å². The molecule has 1 aliphatic heterocycles. The summed E-state index contributed by atoms with van der Waals surface area (Å²) < 4.78 is 1.05. The number of halogens is 1. The molecule has 2 rings (SSSR count). The average molecular weight is 255 g/mol. The molecular formula is C10H11BrN2O. The highest BCUT2D eigenvalue weighted by Crippen LogP contribution is 2.26. The Balaban J connectivity index is 2.26. The molecule has 1 atom stereocenters. The number of anilines is 1. The Morgan fingerprint density at radius 3 is 2.79 bits per heavy atom. The summed E-state index contributed by atoms with van der Waals surface area (Å²) in [6.07, 6.45) is 0. The Hall–Kier alpha value is -0.870. The number of nitrogens with two attached hydrogens (primary N) is 1. The number of hydrogen-bond acceptors (Lipinski definition) is 2. The van der Waals surface area contributed by atoms with Crippen molar-refractivity contribution in [1.29, 1.82) is 0 Å². The molecule has 3 nitrogen and oxygen atoms in total. The predicted molar refractivity (Wildman–Crippen MR) is 59.2 cm³/mol. The lowest BCUT2D eigenvalue weighted by Crippen LogP contribution is -2.61. The molecule has 1 aliphatic rings. The molecule has 1 unspecified atom stereocenters. The highest BCUT2D eigenvalue weighted by atomic mass is 79.9. The number of rotatable bonds is 1. The van der Waals surface area contributed by atoms with Crippen molar-refractivity contribution in [1.82, 2.24) is 0 Å². The van der Waals surface area contributed by atoms with Crippen molar-refractivity contribution in [2.45, 2.75) is 13.0 Å². The summed E-state index contributed by atoms with van der Waals surface area (Å²) in [4.78, 5) is 13.0. The number of β-lactam (4-membered cyclic amide) rings is 1. The first-order valence-corrected chi connectivity index (χ1v) is 5.22. The van der Waals surface area contributed by atoms with Crippen LogP contribution in [-0.4, -0.2) is 18.5 Å². The fourth-order valence-corrected chi connectivity index (χ4v) is 1.73. The second-order valence-corrected chi connectivity index (χ2v) is 4.34. The van der Waals surface area contributed by atoms with E-state index in [9.17, 15) is 4.79 Å². The predicted octanol–water partition coefficient (Wildman–Crippen LogP) is 1.43. The van der Waals surface area contributed by atoms with E-state index in [1.807, 2.05) is 25.1 Å². The minimum Gasteiger partial charge on any atom is -0.318 e. The molecule has 2 N–H and O–H groups in total. The van der Waals surface area contributed by atoms with Crippen LogP contribution in [0.15, 0.2) is 22.7 Å². The Morgan fingerprint density at radius 1 is 1.57 bits per heavy atom. The molecule has 74 valence electrons. The zero-order chi connectivity index (χ0) is 10.3. The van der Waals surface area contributed by atoms with Gasteiger partial charge >= 0.3 is 0 Å². The van der Waals surface area contributed by atoms with Crippen molar-refractivity contribution < 1.29 is 4.79 Å². The lowest BCUT2D eigenvalue weighted by atomic mass is 10.1. The highest BCUT2D eigenvalue weighted by molar-refractivity contribution is 9.10. The van der Waals surface area contributed by atoms with E-state index >= 15 is 0 Å². The van der Waals surface area contributed by atoms with Gasteiger partial charge < -0.3 is 10.6 Å². The topological polar surface area (TPSA) is 46.3 Å². The zero-order valence-corrected chi connectivity index (χ0v) is 9.41. The maximum atomic E-state index is 11.3. The Labute approximate surface area is 91.0 Å². The van der Waals surface area contributed by atoms with Crippen LogP contribution in [0.5, 0.6) is 0 Å². The third-order valence-electron chi connectivity index (χ3n) is 2.42. The van der Waals surface area contributed by atoms with Crippen molar-refractivity contribution in [2.75, 3.05) is 11.4 Å². The molecular weight excluding hydrogens is 244 g/mol. The maximum Gasteiger partial charge on any atom is 0.245 e. The fourth-order valence-electron chi connectivity index (χ4n) is 1.48. The fraction of sp³-hybridized carbons (Fsp3) is 0.300. The van der Waals surface area contributed by atoms with Crippen LogP contribution in [0, 0.1) is 6.92 Å². The summed E-state index contributed by atoms with van der Waals surface area (Å²) in [6.45, 7) is 2.62. The molecule has 1 saturated heterocycles. The molecule has 1 heterocycles. The largest absolute Gasteiger partial charge is 0.318 e. The van der Waals surface area contributed by atoms with Crippen LogP contribution in [0.2, 0.25) is 0 Å². The van der Waals surface area contributed by atoms with Gasteiger partial charge in [0.2, 0.25) is 5.91 Å². The number of carbonyl (C=O) groups excluding carboxylic acids is 1. The minimum atomic E-state index is -0.307. The second-order valence-electron chi connectivity index (χ2n) is 3.49. The summed E-state index contributed by atoms with van der Waals surface area (Å²) in [7, 11) is 0. The number of benzene rings is 1. The maximum absolute atomic E-state index is 11.3. The van der Waals surface area contributed by atoms with E-state index < -0.39 is 0 Å². The van der Waals surface area contributed by atoms with Crippen LogP contribution < -0.4 is 10.6 Å². The van der Waals surface area contributed by atoms with Gasteiger partial charge in [0.25, 0.3) is 0 Å². The Bertz CT molecular complexity index is 392. The van der Waals surface area contributed by atoms with Gasteiger partial charge in [-0.05, 0) is 30.7 Å². The van der Waals surface area contributed by atoms with Crippen LogP contribution in [0.25, 0.3) is 0 Å². The molecule has 1 aromatic carbocycles. The molecule has 0 spiro atoms. The van der Waals surface area contributed by atoms with Crippen molar-refractivity contribution in [2.24, 2.45) is 5.73 Å². The van der Waals surface area contributed by atoms with E-state index in [4.69, 9.17) is 5.73 Å². The SMILES string of the molecule is Cc1cc(N2CC(N)C2=O)ccc1Br. The number of amides is 1. The van der Waals surface area contributed by atoms with E-state index in [2.05, 4.69) is 15.9 Å². The Kier molecular flexibility index (Phi) is 2.33. The van der Waals surface area contributed by atoms with Gasteiger partial charge in [-0.3, -0.25) is 4.79 Å². The van der Waals surface area contributed by atoms with E-state index in [0.29, 0.717) is 6.54 Å². The smallest absolute Gasteiger partial charge is 0.245 e. The first-order chi connectivity index (χ1) is 6.59. The second kappa shape index (κ2) is 3.37. The lowest BCUT2D eigenvalue weighted by Gasteiger charge is -2.36. The number of hydrogen-bond donors (Lipinski definition) is 1. The molecule has 0 aromatic heterocycles. The van der Waals surface area contributed by atoms with Crippen molar-refractivity contribution >= 4 is 27.5 Å². The molecule has 1 aromatic rings. The summed E-state index contributed by atoms with van der Waals surface area (Å²) in [5.41, 5.74) is 7.57. The number of carbonyl (C=O) groups is 1. The Morgan fingerprint density at radius 2 is 2.29 bits per heavy atom. The highest BCUT2D eigenvalue weighted by Gasteiger charge is 2.34. The standard InChI is InChI=1S/C10H11BrN2O/c1-6-4-7(2-3-8(6)11)13-5-9(12)10(13)14/h2-4,9H,5,12H2,1H3. The van der Waals surface area contributed by atoms with Crippen LogP contribution >= 0.6 is 15.9 Å². The number of nitrogens with zero attached hydrogens (tertiary/aromatic N) is 1. The van der Waals surface area contributed by atoms with Gasteiger partial charge in [0.1, 0.15) is 6.04 Å². The molecule has 14 heavy (non-hydrogen) atoms. The third kappa shape index (κ3) is 1.44. The van der Waals surface area contributed by atoms with Gasteiger partial charge in [-0.25, -0.2) is 0 Å². The molecule has 0 radical (unpaired) electrons. The van der Waals surface area contributed by atoms with Crippen molar-refractivity contribution in [3.8, 4) is 0 Å². The van der Waals surface area contributed by atoms with Crippen LogP contribution in [0.1, 0.15) is 5.56 Å². The summed E-state index contributed by atoms with van der Waals surface area (Å²) >= 11 is 3.42. The van der Waals surface area contributed by atoms with E-state index in [1.165, 1.54) is 0 Å². The first kappa shape index (κ1) is 9.68. The molecule has 0 saturated carbocycles. The monoisotopic (exact) mass is 254 g/mol. The van der Waals surface area contributed by atoms with Crippen LogP contribution in [-0.2, 0) is 4.79 Å². The van der Waals surface area contributed by atoms with Crippen LogP contribution in [0.4, 0.5) is 5.69 Å². The van der Waals surface area contributed by atoms with E-state index in [1.54, 1.807) is 4.90 Å². The lowest BCUT2D eigenvalue weighted by molar-refractivity contribution is -0.123. The van der Waals surface area contributed by atoms with Gasteiger partial charge in [0.05, 0.1) is 6.54 Å². The number of aryl methyl sites for hydroxylation is 1. The normalized spacial score (nSPS) is 20.9. The van der Waals surface area contributed by atoms with Gasteiger partial charge in [-0.15, -0.1) is 0 Å². The summed E-state index contributed by atoms with van der Waals surface area (Å²) in [5, 5.41) is 0. The van der Waals surface area contributed by atoms with E-state index in [-0.39, 0.29) is 11.9 Å². The van der Waals surface area contributed by atoms with Crippen molar-refractivity contribution in [3.63, 3.8) is 0 Å². The molecule has 1 fully saturated rings. The molecule has 4 heteroatoms. The van der Waals surface area contributed by atoms with Gasteiger partial charge in [-0.2, -0.15) is 0 Å². The minimum absolute atomic E-state index is 0.00622. The summed E-state index contributed by atoms with van der Waals surface area (Å²) in [6, 6.07) is 5.54. The van der Waals surface area contributed by atoms with E-state index in [0.717, 1.165) is 15.7 Å². The average Bonchev–Trinajstić information content (AvgIpc) is 2.18. The van der Waals surface area contributed by atoms with Crippen LogP contribution in [0.3, 0.4) is 0 Å².